The van der Waals surface area contributed by atoms with Crippen LogP contribution in [0, 0.1) is 0 Å². The summed E-state index contributed by atoms with van der Waals surface area (Å²) in [7, 11) is 0. The lowest BCUT2D eigenvalue weighted by molar-refractivity contribution is 0.362. The molecule has 1 fully saturated rings. The van der Waals surface area contributed by atoms with Gasteiger partial charge in [-0.25, -0.2) is 0 Å². The van der Waals surface area contributed by atoms with Gasteiger partial charge in [0.25, 0.3) is 0 Å². The van der Waals surface area contributed by atoms with Crippen LogP contribution in [0.5, 0.6) is 0 Å². The minimum absolute atomic E-state index is 0.136. The van der Waals surface area contributed by atoms with Gasteiger partial charge in [-0.15, -0.1) is 0 Å². The molecule has 1 nitrogen and oxygen atoms in total. The Hall–Kier alpha value is -1.34. The van der Waals surface area contributed by atoms with Crippen LogP contribution in [0.1, 0.15) is 38.2 Å². The van der Waals surface area contributed by atoms with Crippen molar-refractivity contribution in [3.05, 3.63) is 48.0 Å². The van der Waals surface area contributed by atoms with Crippen molar-refractivity contribution < 1.29 is 0 Å². The molecule has 1 atom stereocenters. The topological polar surface area (TPSA) is 12.0 Å². The van der Waals surface area contributed by atoms with E-state index in [0.717, 1.165) is 6.54 Å². The second-order valence-corrected chi connectivity index (χ2v) is 5.60. The van der Waals surface area contributed by atoms with E-state index in [-0.39, 0.29) is 5.54 Å². The molecule has 0 bridgehead atoms. The third kappa shape index (κ3) is 2.04. The summed E-state index contributed by atoms with van der Waals surface area (Å²) in [6.45, 7) is 3.50. The van der Waals surface area contributed by atoms with Crippen molar-refractivity contribution in [3.63, 3.8) is 0 Å². The van der Waals surface area contributed by atoms with E-state index < -0.39 is 0 Å². The van der Waals surface area contributed by atoms with E-state index in [9.17, 15) is 0 Å². The Labute approximate surface area is 109 Å². The summed E-state index contributed by atoms with van der Waals surface area (Å²) in [5.74, 6) is 0. The quantitative estimate of drug-likeness (QED) is 0.785. The Kier molecular flexibility index (Phi) is 3.09. The van der Waals surface area contributed by atoms with Gasteiger partial charge in [-0.1, -0.05) is 55.3 Å². The third-order valence-corrected chi connectivity index (χ3v) is 4.25. The first-order valence-electron chi connectivity index (χ1n) is 7.03. The van der Waals surface area contributed by atoms with E-state index in [1.54, 1.807) is 0 Å². The van der Waals surface area contributed by atoms with Crippen LogP contribution >= 0.6 is 0 Å². The number of hydrogen-bond acceptors (Lipinski definition) is 1. The van der Waals surface area contributed by atoms with Gasteiger partial charge in [-0.3, -0.25) is 0 Å². The molecule has 1 heteroatoms. The summed E-state index contributed by atoms with van der Waals surface area (Å²) in [6.07, 6.45) is 5.22. The largest absolute Gasteiger partial charge is 0.308 e. The number of hydrogen-bond donors (Lipinski definition) is 1. The summed E-state index contributed by atoms with van der Waals surface area (Å²) >= 11 is 0. The molecule has 1 N–H and O–H groups in total. The maximum atomic E-state index is 3.77. The monoisotopic (exact) mass is 239 g/mol. The molecule has 18 heavy (non-hydrogen) atoms. The minimum atomic E-state index is 0.136. The minimum Gasteiger partial charge on any atom is -0.308 e. The summed E-state index contributed by atoms with van der Waals surface area (Å²) in [5.41, 5.74) is 1.60. The highest BCUT2D eigenvalue weighted by Gasteiger charge is 2.28. The fourth-order valence-corrected chi connectivity index (χ4v) is 3.17. The number of benzene rings is 2. The van der Waals surface area contributed by atoms with E-state index in [0.29, 0.717) is 0 Å². The highest BCUT2D eigenvalue weighted by atomic mass is 15.0. The van der Waals surface area contributed by atoms with Crippen molar-refractivity contribution in [2.45, 2.75) is 38.1 Å². The predicted molar refractivity (Wildman–Crippen MR) is 77.8 cm³/mol. The van der Waals surface area contributed by atoms with Crippen LogP contribution in [-0.2, 0) is 5.54 Å². The van der Waals surface area contributed by atoms with Crippen LogP contribution in [-0.4, -0.2) is 6.54 Å². The first kappa shape index (κ1) is 11.7. The van der Waals surface area contributed by atoms with Crippen LogP contribution in [0.15, 0.2) is 42.5 Å². The van der Waals surface area contributed by atoms with Gasteiger partial charge >= 0.3 is 0 Å². The van der Waals surface area contributed by atoms with Gasteiger partial charge < -0.3 is 5.32 Å². The molecule has 3 rings (SSSR count). The summed E-state index contributed by atoms with van der Waals surface area (Å²) in [5, 5.41) is 6.52. The predicted octanol–water partition coefficient (Wildman–Crippen LogP) is 4.22. The van der Waals surface area contributed by atoms with Crippen LogP contribution in [0.25, 0.3) is 10.8 Å². The molecule has 94 valence electrons. The first-order chi connectivity index (χ1) is 8.80. The van der Waals surface area contributed by atoms with E-state index in [2.05, 4.69) is 54.7 Å². The van der Waals surface area contributed by atoms with Gasteiger partial charge in [-0.05, 0) is 42.6 Å². The van der Waals surface area contributed by atoms with Crippen molar-refractivity contribution in [2.75, 3.05) is 6.54 Å². The standard InChI is InChI=1S/C17H21N/c1-17(12-5-2-6-13-18-17)16-11-7-9-14-8-3-4-10-15(14)16/h3-4,7-11,18H,2,5-6,12-13H2,1H3. The molecule has 2 aromatic rings. The Bertz CT molecular complexity index is 531. The normalized spacial score (nSPS) is 24.9. The first-order valence-corrected chi connectivity index (χ1v) is 7.03. The van der Waals surface area contributed by atoms with E-state index in [1.165, 1.54) is 42.0 Å². The fraction of sp³-hybridized carbons (Fsp3) is 0.412. The molecule has 1 unspecified atom stereocenters. The molecule has 0 spiro atoms. The van der Waals surface area contributed by atoms with Crippen molar-refractivity contribution in [3.8, 4) is 0 Å². The van der Waals surface area contributed by atoms with E-state index in [4.69, 9.17) is 0 Å². The molecule has 1 heterocycles. The number of rotatable bonds is 1. The lowest BCUT2D eigenvalue weighted by Crippen LogP contribution is -2.38. The molecule has 1 saturated heterocycles. The molecule has 2 aromatic carbocycles. The lowest BCUT2D eigenvalue weighted by atomic mass is 9.84. The van der Waals surface area contributed by atoms with Gasteiger partial charge in [0, 0.05) is 5.54 Å². The molecule has 1 aliphatic heterocycles. The average Bonchev–Trinajstić information content (AvgIpc) is 2.64. The maximum Gasteiger partial charge on any atom is 0.0412 e. The van der Waals surface area contributed by atoms with Crippen molar-refractivity contribution in [1.82, 2.24) is 5.32 Å². The molecule has 0 saturated carbocycles. The Morgan fingerprint density at radius 3 is 2.72 bits per heavy atom. The van der Waals surface area contributed by atoms with Crippen LogP contribution < -0.4 is 5.32 Å². The van der Waals surface area contributed by atoms with E-state index in [1.807, 2.05) is 0 Å². The Balaban J connectivity index is 2.12. The van der Waals surface area contributed by atoms with Gasteiger partial charge in [0.05, 0.1) is 0 Å². The molecular formula is C17H21N. The zero-order valence-corrected chi connectivity index (χ0v) is 11.1. The van der Waals surface area contributed by atoms with Gasteiger partial charge in [-0.2, -0.15) is 0 Å². The second-order valence-electron chi connectivity index (χ2n) is 5.60. The zero-order chi connectivity index (χ0) is 12.4. The molecule has 0 amide bonds. The molecule has 0 radical (unpaired) electrons. The average molecular weight is 239 g/mol. The highest BCUT2D eigenvalue weighted by Crippen LogP contribution is 2.34. The Morgan fingerprint density at radius 1 is 0.944 bits per heavy atom. The molecular weight excluding hydrogens is 218 g/mol. The Morgan fingerprint density at radius 2 is 1.78 bits per heavy atom. The summed E-state index contributed by atoms with van der Waals surface area (Å²) < 4.78 is 0. The van der Waals surface area contributed by atoms with E-state index >= 15 is 0 Å². The van der Waals surface area contributed by atoms with Gasteiger partial charge in [0.2, 0.25) is 0 Å². The van der Waals surface area contributed by atoms with Gasteiger partial charge in [0.15, 0.2) is 0 Å². The van der Waals surface area contributed by atoms with Crippen LogP contribution in [0.3, 0.4) is 0 Å². The highest BCUT2D eigenvalue weighted by molar-refractivity contribution is 5.86. The SMILES string of the molecule is CC1(c2cccc3ccccc23)CCCCCN1. The molecule has 1 aliphatic rings. The van der Waals surface area contributed by atoms with Crippen LogP contribution in [0.2, 0.25) is 0 Å². The maximum absolute atomic E-state index is 3.77. The van der Waals surface area contributed by atoms with Crippen molar-refractivity contribution in [2.24, 2.45) is 0 Å². The number of fused-ring (bicyclic) bond motifs is 1. The fourth-order valence-electron chi connectivity index (χ4n) is 3.17. The van der Waals surface area contributed by atoms with Crippen molar-refractivity contribution in [1.29, 1.82) is 0 Å². The molecule has 0 aliphatic carbocycles. The van der Waals surface area contributed by atoms with Crippen molar-refractivity contribution >= 4 is 10.8 Å². The molecule has 0 aromatic heterocycles. The second kappa shape index (κ2) is 4.74. The summed E-state index contributed by atoms with van der Waals surface area (Å²) in [6, 6.07) is 15.4. The van der Waals surface area contributed by atoms with Gasteiger partial charge in [0.1, 0.15) is 0 Å². The third-order valence-electron chi connectivity index (χ3n) is 4.25. The number of nitrogens with one attached hydrogen (secondary N) is 1. The summed E-state index contributed by atoms with van der Waals surface area (Å²) in [4.78, 5) is 0. The lowest BCUT2D eigenvalue weighted by Gasteiger charge is -2.31. The zero-order valence-electron chi connectivity index (χ0n) is 11.1. The smallest absolute Gasteiger partial charge is 0.0412 e. The van der Waals surface area contributed by atoms with Crippen LogP contribution in [0.4, 0.5) is 0 Å².